The molecule has 150 valence electrons. The van der Waals surface area contributed by atoms with Gasteiger partial charge in [0.2, 0.25) is 0 Å². The second-order valence-corrected chi connectivity index (χ2v) is 7.77. The number of nitrogens with zero attached hydrogens (tertiary/aromatic N) is 1. The van der Waals surface area contributed by atoms with Crippen molar-refractivity contribution in [2.75, 3.05) is 25.1 Å². The van der Waals surface area contributed by atoms with E-state index in [0.29, 0.717) is 48.4 Å². The number of amides is 3. The molecule has 3 unspecified atom stereocenters. The highest BCUT2D eigenvalue weighted by atomic mass is 16.6. The SMILES string of the molecule is O=C(NC1CC2CC1CN2C(=O)Nc1ccc2c(c1)OCCO2)c1ccccc1. The van der Waals surface area contributed by atoms with Crippen molar-refractivity contribution < 1.29 is 19.1 Å². The van der Waals surface area contributed by atoms with Gasteiger partial charge in [0.25, 0.3) is 5.91 Å². The van der Waals surface area contributed by atoms with Gasteiger partial charge in [0.1, 0.15) is 13.2 Å². The third-order valence-electron chi connectivity index (χ3n) is 5.95. The van der Waals surface area contributed by atoms with Crippen LogP contribution >= 0.6 is 0 Å². The van der Waals surface area contributed by atoms with Gasteiger partial charge in [-0.05, 0) is 43.0 Å². The molecule has 2 aliphatic heterocycles. The number of carbonyl (C=O) groups is 2. The lowest BCUT2D eigenvalue weighted by molar-refractivity contribution is 0.0915. The fraction of sp³-hybridized carbons (Fsp3) is 0.364. The second kappa shape index (κ2) is 7.31. The van der Waals surface area contributed by atoms with Gasteiger partial charge in [0.15, 0.2) is 11.5 Å². The van der Waals surface area contributed by atoms with Gasteiger partial charge in [-0.15, -0.1) is 0 Å². The van der Waals surface area contributed by atoms with Crippen molar-refractivity contribution in [3.8, 4) is 11.5 Å². The van der Waals surface area contributed by atoms with Crippen LogP contribution in [0.15, 0.2) is 48.5 Å². The van der Waals surface area contributed by atoms with E-state index < -0.39 is 0 Å². The Labute approximate surface area is 169 Å². The average Bonchev–Trinajstić information content (AvgIpc) is 3.35. The average molecular weight is 393 g/mol. The molecule has 2 heterocycles. The fourth-order valence-corrected chi connectivity index (χ4v) is 4.54. The van der Waals surface area contributed by atoms with Crippen LogP contribution in [0.4, 0.5) is 10.5 Å². The molecule has 5 rings (SSSR count). The van der Waals surface area contributed by atoms with Gasteiger partial charge in [-0.3, -0.25) is 4.79 Å². The lowest BCUT2D eigenvalue weighted by atomic mass is 10.0. The number of carbonyl (C=O) groups excluding carboxylic acids is 2. The molecule has 2 aromatic carbocycles. The summed E-state index contributed by atoms with van der Waals surface area (Å²) in [7, 11) is 0. The second-order valence-electron chi connectivity index (χ2n) is 7.77. The standard InChI is InChI=1S/C22H23N3O4/c26-21(14-4-2-1-3-5-14)24-18-12-17-10-15(18)13-25(17)22(27)23-16-6-7-19-20(11-16)29-9-8-28-19/h1-7,11,15,17-18H,8-10,12-13H2,(H,23,27)(H,24,26). The number of likely N-dealkylation sites (tertiary alicyclic amines) is 1. The maximum absolute atomic E-state index is 12.8. The van der Waals surface area contributed by atoms with Crippen molar-refractivity contribution in [1.82, 2.24) is 10.2 Å². The largest absolute Gasteiger partial charge is 0.486 e. The van der Waals surface area contributed by atoms with Gasteiger partial charge >= 0.3 is 6.03 Å². The number of urea groups is 1. The van der Waals surface area contributed by atoms with Crippen molar-refractivity contribution in [2.45, 2.75) is 24.9 Å². The number of fused-ring (bicyclic) bond motifs is 3. The molecular weight excluding hydrogens is 370 g/mol. The van der Waals surface area contributed by atoms with Crippen molar-refractivity contribution >= 4 is 17.6 Å². The molecule has 2 N–H and O–H groups in total. The number of rotatable bonds is 3. The number of benzene rings is 2. The van der Waals surface area contributed by atoms with Crippen molar-refractivity contribution in [2.24, 2.45) is 5.92 Å². The van der Waals surface area contributed by atoms with Crippen LogP contribution in [0, 0.1) is 5.92 Å². The molecule has 0 radical (unpaired) electrons. The molecule has 3 amide bonds. The first-order chi connectivity index (χ1) is 14.2. The van der Waals surface area contributed by atoms with Crippen LogP contribution in [0.1, 0.15) is 23.2 Å². The van der Waals surface area contributed by atoms with Gasteiger partial charge < -0.3 is 25.0 Å². The zero-order chi connectivity index (χ0) is 19.8. The Morgan fingerprint density at radius 3 is 2.52 bits per heavy atom. The Balaban J connectivity index is 1.18. The number of nitrogens with one attached hydrogen (secondary N) is 2. The van der Waals surface area contributed by atoms with Crippen LogP contribution < -0.4 is 20.1 Å². The zero-order valence-corrected chi connectivity index (χ0v) is 16.0. The summed E-state index contributed by atoms with van der Waals surface area (Å²) in [4.78, 5) is 27.1. The summed E-state index contributed by atoms with van der Waals surface area (Å²) in [5.74, 6) is 1.60. The molecule has 7 heteroatoms. The van der Waals surface area contributed by atoms with E-state index in [4.69, 9.17) is 9.47 Å². The van der Waals surface area contributed by atoms with E-state index >= 15 is 0 Å². The minimum atomic E-state index is -0.109. The minimum Gasteiger partial charge on any atom is -0.486 e. The molecule has 7 nitrogen and oxygen atoms in total. The third-order valence-corrected chi connectivity index (χ3v) is 5.95. The van der Waals surface area contributed by atoms with E-state index in [0.717, 1.165) is 12.8 Å². The Kier molecular flexibility index (Phi) is 4.50. The fourth-order valence-electron chi connectivity index (χ4n) is 4.54. The predicted molar refractivity (Wildman–Crippen MR) is 107 cm³/mol. The van der Waals surface area contributed by atoms with Gasteiger partial charge in [-0.25, -0.2) is 4.79 Å². The van der Waals surface area contributed by atoms with Gasteiger partial charge in [-0.1, -0.05) is 18.2 Å². The summed E-state index contributed by atoms with van der Waals surface area (Å²) in [6, 6.07) is 14.8. The van der Waals surface area contributed by atoms with Crippen LogP contribution in [0.2, 0.25) is 0 Å². The highest BCUT2D eigenvalue weighted by Crippen LogP contribution is 2.39. The number of anilines is 1. The molecular formula is C22H23N3O4. The highest BCUT2D eigenvalue weighted by Gasteiger charge is 2.47. The predicted octanol–water partition coefficient (Wildman–Crippen LogP) is 2.88. The van der Waals surface area contributed by atoms with Gasteiger partial charge in [-0.2, -0.15) is 0 Å². The van der Waals surface area contributed by atoms with E-state index in [-0.39, 0.29) is 24.0 Å². The van der Waals surface area contributed by atoms with Crippen molar-refractivity contribution in [3.63, 3.8) is 0 Å². The monoisotopic (exact) mass is 393 g/mol. The molecule has 2 bridgehead atoms. The summed E-state index contributed by atoms with van der Waals surface area (Å²) in [6.07, 6.45) is 1.71. The topological polar surface area (TPSA) is 79.9 Å². The normalized spacial score (nSPS) is 24.3. The molecule has 0 spiro atoms. The Bertz CT molecular complexity index is 933. The first-order valence-corrected chi connectivity index (χ1v) is 10.0. The molecule has 2 fully saturated rings. The van der Waals surface area contributed by atoms with Crippen LogP contribution in [0.5, 0.6) is 11.5 Å². The van der Waals surface area contributed by atoms with Crippen LogP contribution in [-0.2, 0) is 0 Å². The van der Waals surface area contributed by atoms with Crippen molar-refractivity contribution in [1.29, 1.82) is 0 Å². The molecule has 0 aromatic heterocycles. The van der Waals surface area contributed by atoms with Crippen LogP contribution in [0.3, 0.4) is 0 Å². The molecule has 1 saturated carbocycles. The lowest BCUT2D eigenvalue weighted by Crippen LogP contribution is -2.48. The zero-order valence-electron chi connectivity index (χ0n) is 16.0. The van der Waals surface area contributed by atoms with Crippen LogP contribution in [-0.4, -0.2) is 48.7 Å². The lowest BCUT2D eigenvalue weighted by Gasteiger charge is -2.32. The van der Waals surface area contributed by atoms with Gasteiger partial charge in [0.05, 0.1) is 0 Å². The Hall–Kier alpha value is -3.22. The summed E-state index contributed by atoms with van der Waals surface area (Å²) >= 11 is 0. The number of hydrogen-bond acceptors (Lipinski definition) is 4. The van der Waals surface area contributed by atoms with E-state index in [9.17, 15) is 9.59 Å². The summed E-state index contributed by atoms with van der Waals surface area (Å²) in [5.41, 5.74) is 1.36. The number of hydrogen-bond donors (Lipinski definition) is 2. The highest BCUT2D eigenvalue weighted by molar-refractivity contribution is 5.94. The van der Waals surface area contributed by atoms with E-state index in [2.05, 4.69) is 10.6 Å². The maximum atomic E-state index is 12.8. The summed E-state index contributed by atoms with van der Waals surface area (Å²) in [5, 5.41) is 6.11. The summed E-state index contributed by atoms with van der Waals surface area (Å²) in [6.45, 7) is 1.70. The summed E-state index contributed by atoms with van der Waals surface area (Å²) < 4.78 is 11.1. The number of piperidine rings is 1. The number of ether oxygens (including phenoxy) is 2. The maximum Gasteiger partial charge on any atom is 0.322 e. The smallest absolute Gasteiger partial charge is 0.322 e. The molecule has 3 aliphatic rings. The molecule has 1 saturated heterocycles. The minimum absolute atomic E-state index is 0.0459. The third kappa shape index (κ3) is 3.48. The Morgan fingerprint density at radius 1 is 0.966 bits per heavy atom. The molecule has 2 aromatic rings. The van der Waals surface area contributed by atoms with Crippen LogP contribution in [0.25, 0.3) is 0 Å². The Morgan fingerprint density at radius 2 is 1.76 bits per heavy atom. The van der Waals surface area contributed by atoms with E-state index in [1.54, 1.807) is 6.07 Å². The molecule has 1 aliphatic carbocycles. The molecule has 29 heavy (non-hydrogen) atoms. The first kappa shape index (κ1) is 17.8. The van der Waals surface area contributed by atoms with E-state index in [1.165, 1.54) is 0 Å². The first-order valence-electron chi connectivity index (χ1n) is 10.0. The van der Waals surface area contributed by atoms with E-state index in [1.807, 2.05) is 47.4 Å². The van der Waals surface area contributed by atoms with Gasteiger partial charge in [0, 0.05) is 35.9 Å². The quantitative estimate of drug-likeness (QED) is 0.840. The van der Waals surface area contributed by atoms with Crippen molar-refractivity contribution in [3.05, 3.63) is 54.1 Å². The molecule has 3 atom stereocenters.